The molecular weight excluding hydrogens is 522 g/mol. The van der Waals surface area contributed by atoms with Gasteiger partial charge < -0.3 is 33.7 Å². The largest absolute Gasteiger partial charge is 0.513 e. The summed E-state index contributed by atoms with van der Waals surface area (Å²) in [6.07, 6.45) is 1.86. The number of unbranched alkanes of at least 4 members (excludes halogenated alkanes) is 2. The topological polar surface area (TPSA) is 136 Å². The van der Waals surface area contributed by atoms with Crippen LogP contribution in [0.15, 0.2) is 18.2 Å². The molecule has 226 valence electrons. The lowest BCUT2D eigenvalue weighted by molar-refractivity contribution is -0.148. The number of hydrogen-bond acceptors (Lipinski definition) is 11. The molecule has 1 N–H and O–H groups in total. The standard InChI is InChI=1S/C29H45NO10/c1-7-9-15-36-28(33)39-24-13-12-22(18-25(24)40-29(34)37-16-10-8-2)17-23(27(32)35-6)30-19-21(5)38-26(31)14-11-20(3)4/h12-13,18,20-21,23,30H,7-11,14-17,19H2,1-6H3/t21?,23-/m0/s1. The van der Waals surface area contributed by atoms with E-state index in [1.807, 2.05) is 27.7 Å². The van der Waals surface area contributed by atoms with Crippen LogP contribution in [0.3, 0.4) is 0 Å². The summed E-state index contributed by atoms with van der Waals surface area (Å²) in [7, 11) is 1.27. The van der Waals surface area contributed by atoms with Crippen LogP contribution in [0.1, 0.15) is 78.7 Å². The van der Waals surface area contributed by atoms with Gasteiger partial charge in [-0.3, -0.25) is 9.59 Å². The monoisotopic (exact) mass is 567 g/mol. The number of hydrogen-bond donors (Lipinski definition) is 1. The van der Waals surface area contributed by atoms with Crippen LogP contribution in [-0.4, -0.2) is 63.3 Å². The normalized spacial score (nSPS) is 12.3. The molecule has 1 rings (SSSR count). The van der Waals surface area contributed by atoms with Crippen molar-refractivity contribution in [2.45, 2.75) is 91.7 Å². The number of esters is 2. The molecule has 0 saturated heterocycles. The highest BCUT2D eigenvalue weighted by atomic mass is 16.7. The van der Waals surface area contributed by atoms with Crippen molar-refractivity contribution < 1.29 is 47.6 Å². The molecule has 0 bridgehead atoms. The number of carbonyl (C=O) groups excluding carboxylic acids is 4. The Morgan fingerprint density at radius 3 is 2.02 bits per heavy atom. The lowest BCUT2D eigenvalue weighted by atomic mass is 10.0. The van der Waals surface area contributed by atoms with Crippen LogP contribution in [0.2, 0.25) is 0 Å². The van der Waals surface area contributed by atoms with E-state index in [1.165, 1.54) is 19.2 Å². The van der Waals surface area contributed by atoms with Gasteiger partial charge in [0.2, 0.25) is 0 Å². The molecule has 11 heteroatoms. The first-order valence-corrected chi connectivity index (χ1v) is 13.9. The lowest BCUT2D eigenvalue weighted by Crippen LogP contribution is -2.43. The quantitative estimate of drug-likeness (QED) is 0.106. The first-order chi connectivity index (χ1) is 19.1. The second-order valence-electron chi connectivity index (χ2n) is 9.81. The average Bonchev–Trinajstić information content (AvgIpc) is 2.91. The summed E-state index contributed by atoms with van der Waals surface area (Å²) in [5, 5.41) is 3.07. The van der Waals surface area contributed by atoms with Crippen molar-refractivity contribution in [2.75, 3.05) is 26.9 Å². The molecule has 0 aliphatic rings. The second kappa shape index (κ2) is 19.7. The zero-order valence-electron chi connectivity index (χ0n) is 24.6. The van der Waals surface area contributed by atoms with E-state index in [-0.39, 0.29) is 43.6 Å². The Hall–Kier alpha value is -3.34. The molecule has 0 radical (unpaired) electrons. The average molecular weight is 568 g/mol. The van der Waals surface area contributed by atoms with E-state index < -0.39 is 30.4 Å². The molecule has 2 atom stereocenters. The number of ether oxygens (including phenoxy) is 6. The van der Waals surface area contributed by atoms with Crippen LogP contribution in [0.25, 0.3) is 0 Å². The van der Waals surface area contributed by atoms with Gasteiger partial charge in [-0.25, -0.2) is 9.59 Å². The van der Waals surface area contributed by atoms with Gasteiger partial charge in [0.25, 0.3) is 0 Å². The minimum atomic E-state index is -0.953. The number of methoxy groups -OCH3 is 1. The van der Waals surface area contributed by atoms with Crippen molar-refractivity contribution in [1.82, 2.24) is 5.32 Å². The molecule has 11 nitrogen and oxygen atoms in total. The van der Waals surface area contributed by atoms with Crippen molar-refractivity contribution in [3.05, 3.63) is 23.8 Å². The van der Waals surface area contributed by atoms with Crippen LogP contribution in [0.4, 0.5) is 9.59 Å². The van der Waals surface area contributed by atoms with Crippen molar-refractivity contribution in [2.24, 2.45) is 5.92 Å². The Morgan fingerprint density at radius 1 is 0.875 bits per heavy atom. The first-order valence-electron chi connectivity index (χ1n) is 13.9. The SMILES string of the molecule is CCCCOC(=O)Oc1ccc(C[C@H](NCC(C)OC(=O)CCC(C)C)C(=O)OC)cc1OC(=O)OCCCC. The summed E-state index contributed by atoms with van der Waals surface area (Å²) in [5.74, 6) is -0.543. The number of nitrogens with one attached hydrogen (secondary N) is 1. The third kappa shape index (κ3) is 14.7. The molecule has 1 aromatic rings. The van der Waals surface area contributed by atoms with Gasteiger partial charge in [0.05, 0.1) is 20.3 Å². The smallest absolute Gasteiger partial charge is 0.468 e. The molecule has 0 fully saturated rings. The highest BCUT2D eigenvalue weighted by Crippen LogP contribution is 2.30. The van der Waals surface area contributed by atoms with Crippen molar-refractivity contribution in [3.8, 4) is 11.5 Å². The van der Waals surface area contributed by atoms with Crippen LogP contribution in [-0.2, 0) is 35.0 Å². The van der Waals surface area contributed by atoms with Gasteiger partial charge in [0.1, 0.15) is 12.1 Å². The Kier molecular flexibility index (Phi) is 17.1. The second-order valence-corrected chi connectivity index (χ2v) is 9.81. The maximum absolute atomic E-state index is 12.5. The molecule has 1 unspecified atom stereocenters. The van der Waals surface area contributed by atoms with Gasteiger partial charge >= 0.3 is 24.2 Å². The fraction of sp³-hybridized carbons (Fsp3) is 0.655. The van der Waals surface area contributed by atoms with E-state index in [4.69, 9.17) is 28.4 Å². The Morgan fingerprint density at radius 2 is 1.48 bits per heavy atom. The summed E-state index contributed by atoms with van der Waals surface area (Å²) >= 11 is 0. The van der Waals surface area contributed by atoms with Crippen LogP contribution in [0, 0.1) is 5.92 Å². The number of rotatable bonds is 18. The van der Waals surface area contributed by atoms with Crippen molar-refractivity contribution in [1.29, 1.82) is 0 Å². The van der Waals surface area contributed by atoms with E-state index in [9.17, 15) is 19.2 Å². The van der Waals surface area contributed by atoms with E-state index in [0.717, 1.165) is 19.3 Å². The number of benzene rings is 1. The van der Waals surface area contributed by atoms with E-state index in [1.54, 1.807) is 13.0 Å². The zero-order chi connectivity index (χ0) is 29.9. The van der Waals surface area contributed by atoms with E-state index in [2.05, 4.69) is 5.32 Å². The third-order valence-electron chi connectivity index (χ3n) is 5.67. The number of carbonyl (C=O) groups is 4. The zero-order valence-corrected chi connectivity index (χ0v) is 24.6. The van der Waals surface area contributed by atoms with Crippen LogP contribution < -0.4 is 14.8 Å². The predicted molar refractivity (Wildman–Crippen MR) is 147 cm³/mol. The molecule has 40 heavy (non-hydrogen) atoms. The fourth-order valence-electron chi connectivity index (χ4n) is 3.34. The molecule has 0 heterocycles. The minimum Gasteiger partial charge on any atom is -0.468 e. The van der Waals surface area contributed by atoms with Gasteiger partial charge in [-0.05, 0) is 56.2 Å². The summed E-state index contributed by atoms with van der Waals surface area (Å²) in [4.78, 5) is 48.9. The molecule has 0 saturated carbocycles. The van der Waals surface area contributed by atoms with Crippen LogP contribution >= 0.6 is 0 Å². The summed E-state index contributed by atoms with van der Waals surface area (Å²) in [6, 6.07) is 3.75. The van der Waals surface area contributed by atoms with E-state index in [0.29, 0.717) is 30.7 Å². The molecule has 0 aliphatic carbocycles. The van der Waals surface area contributed by atoms with E-state index >= 15 is 0 Å². The Balaban J connectivity index is 2.98. The van der Waals surface area contributed by atoms with Gasteiger partial charge in [-0.15, -0.1) is 0 Å². The molecule has 0 spiro atoms. The maximum Gasteiger partial charge on any atom is 0.513 e. The van der Waals surface area contributed by atoms with Gasteiger partial charge in [0.15, 0.2) is 11.5 Å². The summed E-state index contributed by atoms with van der Waals surface area (Å²) in [6.45, 7) is 10.3. The van der Waals surface area contributed by atoms with Crippen molar-refractivity contribution >= 4 is 24.2 Å². The maximum atomic E-state index is 12.5. The van der Waals surface area contributed by atoms with Gasteiger partial charge in [-0.2, -0.15) is 0 Å². The highest BCUT2D eigenvalue weighted by Gasteiger charge is 2.23. The van der Waals surface area contributed by atoms with Crippen LogP contribution in [0.5, 0.6) is 11.5 Å². The lowest BCUT2D eigenvalue weighted by Gasteiger charge is -2.20. The Labute approximate surface area is 237 Å². The fourth-order valence-corrected chi connectivity index (χ4v) is 3.34. The molecular formula is C29H45NO10. The first kappa shape index (κ1) is 34.7. The molecule has 0 aliphatic heterocycles. The van der Waals surface area contributed by atoms with Gasteiger partial charge in [-0.1, -0.05) is 46.6 Å². The molecule has 1 aromatic carbocycles. The third-order valence-corrected chi connectivity index (χ3v) is 5.67. The minimum absolute atomic E-state index is 0.0396. The van der Waals surface area contributed by atoms with Gasteiger partial charge in [0, 0.05) is 13.0 Å². The van der Waals surface area contributed by atoms with Crippen molar-refractivity contribution in [3.63, 3.8) is 0 Å². The predicted octanol–water partition coefficient (Wildman–Crippen LogP) is 5.36. The highest BCUT2D eigenvalue weighted by molar-refractivity contribution is 5.76. The summed E-state index contributed by atoms with van der Waals surface area (Å²) in [5.41, 5.74) is 0.576. The Bertz CT molecular complexity index is 933. The molecule has 0 amide bonds. The summed E-state index contributed by atoms with van der Waals surface area (Å²) < 4.78 is 31.0. The molecule has 0 aromatic heterocycles.